The summed E-state index contributed by atoms with van der Waals surface area (Å²) in [5, 5.41) is 8.68. The summed E-state index contributed by atoms with van der Waals surface area (Å²) >= 11 is 0. The Balaban J connectivity index is 3.02. The minimum Gasteiger partial charge on any atom is -0.392 e. The molecular weight excluding hydrogens is 157 g/mol. The number of aliphatic hydroxyl groups excluding tert-OH is 1. The normalized spacial score (nSPS) is 13.0. The van der Waals surface area contributed by atoms with E-state index < -0.39 is 5.82 Å². The van der Waals surface area contributed by atoms with Gasteiger partial charge in [0, 0.05) is 11.6 Å². The van der Waals surface area contributed by atoms with E-state index in [1.807, 2.05) is 0 Å². The number of nitrogens with two attached hydrogens (primary N) is 1. The molecule has 66 valence electrons. The van der Waals surface area contributed by atoms with Gasteiger partial charge < -0.3 is 10.8 Å². The number of halogens is 1. The summed E-state index contributed by atoms with van der Waals surface area (Å²) in [5.41, 5.74) is 6.59. The van der Waals surface area contributed by atoms with E-state index in [0.717, 1.165) is 5.56 Å². The summed E-state index contributed by atoms with van der Waals surface area (Å²) in [4.78, 5) is 0. The van der Waals surface area contributed by atoms with Crippen LogP contribution in [0.4, 0.5) is 4.39 Å². The van der Waals surface area contributed by atoms with Crippen LogP contribution in [0.15, 0.2) is 18.2 Å². The summed E-state index contributed by atoms with van der Waals surface area (Å²) in [6.45, 7) is 1.51. The van der Waals surface area contributed by atoms with Crippen molar-refractivity contribution in [3.63, 3.8) is 0 Å². The summed E-state index contributed by atoms with van der Waals surface area (Å²) in [6, 6.07) is 4.45. The highest BCUT2D eigenvalue weighted by Gasteiger charge is 2.04. The molecule has 0 radical (unpaired) electrons. The van der Waals surface area contributed by atoms with Gasteiger partial charge in [-0.15, -0.1) is 0 Å². The molecule has 0 amide bonds. The minimum absolute atomic E-state index is 0.174. The molecule has 12 heavy (non-hydrogen) atoms. The molecule has 0 aromatic heterocycles. The predicted molar refractivity (Wildman–Crippen MR) is 44.9 cm³/mol. The predicted octanol–water partition coefficient (Wildman–Crippen LogP) is 1.34. The summed E-state index contributed by atoms with van der Waals surface area (Å²) in [5.74, 6) is -0.396. The fourth-order valence-corrected chi connectivity index (χ4v) is 0.975. The molecule has 0 saturated heterocycles. The van der Waals surface area contributed by atoms with Crippen LogP contribution in [0.2, 0.25) is 0 Å². The lowest BCUT2D eigenvalue weighted by molar-refractivity contribution is 0.275. The topological polar surface area (TPSA) is 46.2 Å². The third kappa shape index (κ3) is 1.81. The van der Waals surface area contributed by atoms with E-state index in [4.69, 9.17) is 10.8 Å². The van der Waals surface area contributed by atoms with Crippen molar-refractivity contribution in [1.82, 2.24) is 0 Å². The standard InChI is InChI=1S/C9H12FNO/c1-6(11)7-2-3-8(5-12)9(10)4-7/h2-4,6,12H,5,11H2,1H3/t6-/m1/s1. The van der Waals surface area contributed by atoms with Gasteiger partial charge in [-0.05, 0) is 18.6 Å². The second-order valence-electron chi connectivity index (χ2n) is 2.80. The largest absolute Gasteiger partial charge is 0.392 e. The average molecular weight is 169 g/mol. The minimum atomic E-state index is -0.396. The highest BCUT2D eigenvalue weighted by Crippen LogP contribution is 2.14. The molecule has 1 aromatic rings. The third-order valence-corrected chi connectivity index (χ3v) is 1.77. The van der Waals surface area contributed by atoms with Gasteiger partial charge >= 0.3 is 0 Å². The van der Waals surface area contributed by atoms with Gasteiger partial charge in [0.25, 0.3) is 0 Å². The number of aliphatic hydroxyl groups is 1. The fraction of sp³-hybridized carbons (Fsp3) is 0.333. The van der Waals surface area contributed by atoms with Crippen LogP contribution < -0.4 is 5.73 Å². The highest BCUT2D eigenvalue weighted by atomic mass is 19.1. The van der Waals surface area contributed by atoms with E-state index in [1.165, 1.54) is 6.07 Å². The summed E-state index contributed by atoms with van der Waals surface area (Å²) in [7, 11) is 0. The van der Waals surface area contributed by atoms with E-state index in [2.05, 4.69) is 0 Å². The van der Waals surface area contributed by atoms with Crippen molar-refractivity contribution in [3.05, 3.63) is 35.1 Å². The second kappa shape index (κ2) is 3.65. The van der Waals surface area contributed by atoms with Crippen molar-refractivity contribution in [2.24, 2.45) is 5.73 Å². The maximum Gasteiger partial charge on any atom is 0.129 e. The average Bonchev–Trinajstić information content (AvgIpc) is 2.04. The zero-order chi connectivity index (χ0) is 9.14. The molecule has 3 heteroatoms. The third-order valence-electron chi connectivity index (χ3n) is 1.77. The van der Waals surface area contributed by atoms with Crippen molar-refractivity contribution in [2.45, 2.75) is 19.6 Å². The van der Waals surface area contributed by atoms with Gasteiger partial charge in [0.1, 0.15) is 5.82 Å². The zero-order valence-electron chi connectivity index (χ0n) is 6.92. The van der Waals surface area contributed by atoms with Gasteiger partial charge in [0.2, 0.25) is 0 Å². The first-order valence-corrected chi connectivity index (χ1v) is 3.80. The lowest BCUT2D eigenvalue weighted by atomic mass is 10.1. The molecule has 0 fully saturated rings. The molecule has 3 N–H and O–H groups in total. The number of rotatable bonds is 2. The Hall–Kier alpha value is -0.930. The van der Waals surface area contributed by atoms with Crippen LogP contribution in [0.3, 0.4) is 0 Å². The molecule has 2 nitrogen and oxygen atoms in total. The highest BCUT2D eigenvalue weighted by molar-refractivity contribution is 5.25. The van der Waals surface area contributed by atoms with Crippen LogP contribution in [-0.4, -0.2) is 5.11 Å². The van der Waals surface area contributed by atoms with Crippen molar-refractivity contribution in [1.29, 1.82) is 0 Å². The van der Waals surface area contributed by atoms with Crippen molar-refractivity contribution < 1.29 is 9.50 Å². The maximum absolute atomic E-state index is 13.0. The van der Waals surface area contributed by atoms with Crippen LogP contribution in [0.25, 0.3) is 0 Å². The molecule has 0 heterocycles. The number of hydrogen-bond donors (Lipinski definition) is 2. The van der Waals surface area contributed by atoms with Gasteiger partial charge in [0.15, 0.2) is 0 Å². The van der Waals surface area contributed by atoms with Crippen LogP contribution in [0.1, 0.15) is 24.1 Å². The van der Waals surface area contributed by atoms with Gasteiger partial charge in [-0.25, -0.2) is 4.39 Å². The van der Waals surface area contributed by atoms with E-state index in [9.17, 15) is 4.39 Å². The molecule has 0 saturated carbocycles. The summed E-state index contributed by atoms with van der Waals surface area (Å²) in [6.07, 6.45) is 0. The van der Waals surface area contributed by atoms with Crippen molar-refractivity contribution in [2.75, 3.05) is 0 Å². The molecule has 0 unspecified atom stereocenters. The van der Waals surface area contributed by atoms with Crippen molar-refractivity contribution in [3.8, 4) is 0 Å². The number of hydrogen-bond acceptors (Lipinski definition) is 2. The van der Waals surface area contributed by atoms with E-state index in [0.29, 0.717) is 5.56 Å². The first kappa shape index (κ1) is 9.16. The van der Waals surface area contributed by atoms with Crippen LogP contribution in [0, 0.1) is 5.82 Å². The van der Waals surface area contributed by atoms with Gasteiger partial charge in [-0.3, -0.25) is 0 Å². The second-order valence-corrected chi connectivity index (χ2v) is 2.80. The monoisotopic (exact) mass is 169 g/mol. The maximum atomic E-state index is 13.0. The van der Waals surface area contributed by atoms with E-state index in [1.54, 1.807) is 19.1 Å². The molecule has 1 aromatic carbocycles. The Bertz CT molecular complexity index is 273. The Morgan fingerprint density at radius 2 is 2.25 bits per heavy atom. The zero-order valence-corrected chi connectivity index (χ0v) is 6.92. The first-order chi connectivity index (χ1) is 5.65. The van der Waals surface area contributed by atoms with E-state index >= 15 is 0 Å². The molecule has 1 rings (SSSR count). The van der Waals surface area contributed by atoms with Crippen LogP contribution in [-0.2, 0) is 6.61 Å². The molecular formula is C9H12FNO. The lowest BCUT2D eigenvalue weighted by Crippen LogP contribution is -2.05. The SMILES string of the molecule is C[C@@H](N)c1ccc(CO)c(F)c1. The molecule has 0 aliphatic rings. The quantitative estimate of drug-likeness (QED) is 0.701. The van der Waals surface area contributed by atoms with Gasteiger partial charge in [-0.1, -0.05) is 12.1 Å². The number of benzene rings is 1. The molecule has 0 aliphatic heterocycles. The Kier molecular flexibility index (Phi) is 2.78. The lowest BCUT2D eigenvalue weighted by Gasteiger charge is -2.06. The Morgan fingerprint density at radius 3 is 2.67 bits per heavy atom. The molecule has 0 spiro atoms. The smallest absolute Gasteiger partial charge is 0.129 e. The Labute approximate surface area is 70.8 Å². The van der Waals surface area contributed by atoms with Gasteiger partial charge in [0.05, 0.1) is 6.61 Å². The first-order valence-electron chi connectivity index (χ1n) is 3.80. The Morgan fingerprint density at radius 1 is 1.58 bits per heavy atom. The summed E-state index contributed by atoms with van der Waals surface area (Å²) < 4.78 is 13.0. The van der Waals surface area contributed by atoms with Gasteiger partial charge in [-0.2, -0.15) is 0 Å². The fourth-order valence-electron chi connectivity index (χ4n) is 0.975. The van der Waals surface area contributed by atoms with E-state index in [-0.39, 0.29) is 12.6 Å². The molecule has 0 bridgehead atoms. The molecule has 0 aliphatic carbocycles. The van der Waals surface area contributed by atoms with Crippen molar-refractivity contribution >= 4 is 0 Å². The molecule has 1 atom stereocenters. The van der Waals surface area contributed by atoms with Crippen LogP contribution in [0.5, 0.6) is 0 Å². The van der Waals surface area contributed by atoms with Crippen LogP contribution >= 0.6 is 0 Å².